The first-order valence-electron chi connectivity index (χ1n) is 7.99. The minimum Gasteiger partial charge on any atom is -0.493 e. The molecule has 0 aliphatic rings. The third-order valence-corrected chi connectivity index (χ3v) is 4.96. The highest BCUT2D eigenvalue weighted by Crippen LogP contribution is 2.31. The van der Waals surface area contributed by atoms with Crippen LogP contribution in [0, 0.1) is 5.82 Å². The zero-order chi connectivity index (χ0) is 19.0. The van der Waals surface area contributed by atoms with Crippen LogP contribution in [0.3, 0.4) is 0 Å². The Balaban J connectivity index is 1.82. The first-order valence-corrected chi connectivity index (χ1v) is 8.80. The molecule has 4 aromatic rings. The number of halogens is 1. The van der Waals surface area contributed by atoms with Crippen molar-refractivity contribution in [1.82, 2.24) is 14.6 Å². The first-order chi connectivity index (χ1) is 13.1. The van der Waals surface area contributed by atoms with E-state index < -0.39 is 0 Å². The lowest BCUT2D eigenvalue weighted by Gasteiger charge is -2.09. The van der Waals surface area contributed by atoms with Crippen molar-refractivity contribution in [2.75, 3.05) is 14.2 Å². The Bertz CT molecular complexity index is 1230. The van der Waals surface area contributed by atoms with E-state index in [2.05, 4.69) is 10.1 Å². The van der Waals surface area contributed by atoms with Gasteiger partial charge in [0.25, 0.3) is 5.56 Å². The fourth-order valence-corrected chi connectivity index (χ4v) is 3.62. The average molecular weight is 383 g/mol. The number of hydrogen-bond donors (Lipinski definition) is 0. The number of aromatic nitrogens is 3. The molecule has 0 aliphatic heterocycles. The molecule has 6 nitrogen and oxygen atoms in total. The molecule has 2 aromatic heterocycles. The van der Waals surface area contributed by atoms with Crippen LogP contribution in [-0.4, -0.2) is 28.8 Å². The van der Waals surface area contributed by atoms with E-state index in [4.69, 9.17) is 9.47 Å². The molecule has 0 N–H and O–H groups in total. The van der Waals surface area contributed by atoms with Gasteiger partial charge in [0.15, 0.2) is 17.3 Å². The lowest BCUT2D eigenvalue weighted by Crippen LogP contribution is -2.23. The normalized spacial score (nSPS) is 11.9. The summed E-state index contributed by atoms with van der Waals surface area (Å²) >= 11 is 1.22. The predicted molar refractivity (Wildman–Crippen MR) is 101 cm³/mol. The second-order valence-corrected chi connectivity index (χ2v) is 6.64. The quantitative estimate of drug-likeness (QED) is 0.542. The van der Waals surface area contributed by atoms with E-state index >= 15 is 0 Å². The van der Waals surface area contributed by atoms with Gasteiger partial charge >= 0.3 is 0 Å². The summed E-state index contributed by atoms with van der Waals surface area (Å²) in [4.78, 5) is 17.5. The summed E-state index contributed by atoms with van der Waals surface area (Å²) in [5.41, 5.74) is 1.09. The van der Waals surface area contributed by atoms with E-state index in [9.17, 15) is 9.18 Å². The molecule has 0 atom stereocenters. The van der Waals surface area contributed by atoms with Gasteiger partial charge in [-0.2, -0.15) is 9.50 Å². The van der Waals surface area contributed by atoms with Crippen molar-refractivity contribution < 1.29 is 13.9 Å². The summed E-state index contributed by atoms with van der Waals surface area (Å²) < 4.78 is 25.5. The van der Waals surface area contributed by atoms with E-state index in [-0.39, 0.29) is 11.4 Å². The van der Waals surface area contributed by atoms with Crippen LogP contribution in [0.4, 0.5) is 4.39 Å². The maximum Gasteiger partial charge on any atom is 0.291 e. The standard InChI is InChI=1S/C19H14FN3O3S/c1-25-14-5-3-4-12(16(14)26-2)10-15-18(24)23-19(27-15)21-17(22-23)11-6-8-13(20)9-7-11/h3-10H,1-2H3. The van der Waals surface area contributed by atoms with Crippen molar-refractivity contribution in [3.05, 3.63) is 68.7 Å². The highest BCUT2D eigenvalue weighted by atomic mass is 32.1. The van der Waals surface area contributed by atoms with Crippen molar-refractivity contribution in [1.29, 1.82) is 0 Å². The summed E-state index contributed by atoms with van der Waals surface area (Å²) in [6.07, 6.45) is 1.72. The number of fused-ring (bicyclic) bond motifs is 1. The lowest BCUT2D eigenvalue weighted by molar-refractivity contribution is 0.354. The first kappa shape index (κ1) is 17.2. The summed E-state index contributed by atoms with van der Waals surface area (Å²) in [6.45, 7) is 0. The van der Waals surface area contributed by atoms with E-state index in [1.54, 1.807) is 38.5 Å². The van der Waals surface area contributed by atoms with Crippen molar-refractivity contribution in [3.8, 4) is 22.9 Å². The molecule has 0 spiro atoms. The van der Waals surface area contributed by atoms with Crippen LogP contribution in [0.5, 0.6) is 11.5 Å². The second-order valence-electron chi connectivity index (χ2n) is 5.64. The van der Waals surface area contributed by atoms with E-state index in [1.165, 1.54) is 28.0 Å². The summed E-state index contributed by atoms with van der Waals surface area (Å²) in [7, 11) is 3.10. The van der Waals surface area contributed by atoms with Crippen molar-refractivity contribution in [2.24, 2.45) is 0 Å². The van der Waals surface area contributed by atoms with Crippen LogP contribution in [-0.2, 0) is 0 Å². The molecule has 27 heavy (non-hydrogen) atoms. The molecule has 4 rings (SSSR count). The number of ether oxygens (including phenoxy) is 2. The zero-order valence-corrected chi connectivity index (χ0v) is 15.3. The molecule has 0 radical (unpaired) electrons. The molecule has 136 valence electrons. The number of nitrogens with zero attached hydrogens (tertiary/aromatic N) is 3. The smallest absolute Gasteiger partial charge is 0.291 e. The molecule has 0 fully saturated rings. The molecule has 8 heteroatoms. The molecule has 0 unspecified atom stereocenters. The summed E-state index contributed by atoms with van der Waals surface area (Å²) in [5, 5.41) is 4.26. The Morgan fingerprint density at radius 3 is 2.56 bits per heavy atom. The topological polar surface area (TPSA) is 65.7 Å². The number of methoxy groups -OCH3 is 2. The molecule has 0 amide bonds. The van der Waals surface area contributed by atoms with Gasteiger partial charge in [0.2, 0.25) is 4.96 Å². The van der Waals surface area contributed by atoms with Gasteiger partial charge in [0.1, 0.15) is 5.82 Å². The van der Waals surface area contributed by atoms with Gasteiger partial charge in [-0.1, -0.05) is 23.5 Å². The monoisotopic (exact) mass is 383 g/mol. The molecule has 2 aromatic carbocycles. The average Bonchev–Trinajstić information content (AvgIpc) is 3.22. The van der Waals surface area contributed by atoms with Gasteiger partial charge < -0.3 is 9.47 Å². The zero-order valence-electron chi connectivity index (χ0n) is 14.5. The second kappa shape index (κ2) is 6.81. The van der Waals surface area contributed by atoms with Crippen LogP contribution in [0.15, 0.2) is 47.3 Å². The number of benzene rings is 2. The maximum atomic E-state index is 13.1. The third-order valence-electron chi connectivity index (χ3n) is 4.00. The van der Waals surface area contributed by atoms with Gasteiger partial charge in [-0.25, -0.2) is 4.39 Å². The largest absolute Gasteiger partial charge is 0.493 e. The number of rotatable bonds is 4. The van der Waals surface area contributed by atoms with Crippen LogP contribution >= 0.6 is 11.3 Å². The van der Waals surface area contributed by atoms with Crippen LogP contribution in [0.25, 0.3) is 22.4 Å². The number of hydrogen-bond acceptors (Lipinski definition) is 6. The Morgan fingerprint density at radius 1 is 1.11 bits per heavy atom. The number of thiazole rings is 1. The van der Waals surface area contributed by atoms with Gasteiger partial charge in [-0.15, -0.1) is 5.10 Å². The van der Waals surface area contributed by atoms with Crippen molar-refractivity contribution in [2.45, 2.75) is 0 Å². The fraction of sp³-hybridized carbons (Fsp3) is 0.105. The van der Waals surface area contributed by atoms with Gasteiger partial charge in [0.05, 0.1) is 18.8 Å². The van der Waals surface area contributed by atoms with Gasteiger partial charge in [0, 0.05) is 11.1 Å². The minimum absolute atomic E-state index is 0.277. The van der Waals surface area contributed by atoms with Gasteiger partial charge in [-0.3, -0.25) is 4.79 Å². The minimum atomic E-state index is -0.339. The number of para-hydroxylation sites is 1. The molecule has 0 saturated carbocycles. The Morgan fingerprint density at radius 2 is 1.89 bits per heavy atom. The third kappa shape index (κ3) is 3.04. The van der Waals surface area contributed by atoms with Gasteiger partial charge in [-0.05, 0) is 36.4 Å². The van der Waals surface area contributed by atoms with Crippen LogP contribution in [0.1, 0.15) is 5.56 Å². The molecule has 0 saturated heterocycles. The molecule has 0 aliphatic carbocycles. The Hall–Kier alpha value is -3.26. The predicted octanol–water partition coefficient (Wildman–Crippen LogP) is 2.52. The van der Waals surface area contributed by atoms with E-state index in [0.29, 0.717) is 32.4 Å². The van der Waals surface area contributed by atoms with E-state index in [0.717, 1.165) is 5.56 Å². The maximum absolute atomic E-state index is 13.1. The highest BCUT2D eigenvalue weighted by Gasteiger charge is 2.13. The van der Waals surface area contributed by atoms with Crippen LogP contribution < -0.4 is 19.6 Å². The Kier molecular flexibility index (Phi) is 4.33. The van der Waals surface area contributed by atoms with Crippen LogP contribution in [0.2, 0.25) is 0 Å². The summed E-state index contributed by atoms with van der Waals surface area (Å²) in [5.74, 6) is 1.17. The Labute approximate surface area is 157 Å². The molecular weight excluding hydrogens is 369 g/mol. The van der Waals surface area contributed by atoms with E-state index in [1.807, 2.05) is 12.1 Å². The van der Waals surface area contributed by atoms with Crippen molar-refractivity contribution >= 4 is 22.4 Å². The molecule has 0 bridgehead atoms. The fourth-order valence-electron chi connectivity index (χ4n) is 2.72. The molecule has 2 heterocycles. The lowest BCUT2D eigenvalue weighted by atomic mass is 10.2. The SMILES string of the molecule is COc1cccc(C=c2sc3nc(-c4ccc(F)cc4)nn3c2=O)c1OC. The molecular formula is C19H14FN3O3S. The van der Waals surface area contributed by atoms with Crippen molar-refractivity contribution in [3.63, 3.8) is 0 Å². The highest BCUT2D eigenvalue weighted by molar-refractivity contribution is 7.15. The summed E-state index contributed by atoms with van der Waals surface area (Å²) in [6, 6.07) is 11.3.